The third-order valence-corrected chi connectivity index (χ3v) is 12.3. The summed E-state index contributed by atoms with van der Waals surface area (Å²) in [5.74, 6) is -3.42. The summed E-state index contributed by atoms with van der Waals surface area (Å²) in [7, 11) is 0. The highest BCUT2D eigenvalue weighted by molar-refractivity contribution is 8.02. The lowest BCUT2D eigenvalue weighted by molar-refractivity contribution is -0.385. The van der Waals surface area contributed by atoms with Gasteiger partial charge >= 0.3 is 18.2 Å². The van der Waals surface area contributed by atoms with E-state index in [1.54, 1.807) is 11.8 Å². The molecule has 5 atom stereocenters. The number of benzene rings is 2. The topological polar surface area (TPSA) is 256 Å². The van der Waals surface area contributed by atoms with E-state index in [4.69, 9.17) is 9.47 Å². The quantitative estimate of drug-likeness (QED) is 0.103. The molecule has 21 heteroatoms. The van der Waals surface area contributed by atoms with Crippen LogP contribution in [0.15, 0.2) is 64.8 Å². The Bertz CT molecular complexity index is 2020. The van der Waals surface area contributed by atoms with Crippen molar-refractivity contribution in [1.29, 1.82) is 0 Å². The van der Waals surface area contributed by atoms with Crippen molar-refractivity contribution in [1.82, 2.24) is 19.6 Å². The van der Waals surface area contributed by atoms with Crippen molar-refractivity contribution in [3.63, 3.8) is 0 Å². The first-order chi connectivity index (χ1) is 27.1. The Balaban J connectivity index is 1.04. The minimum absolute atomic E-state index is 0.0521. The van der Waals surface area contributed by atoms with Gasteiger partial charge in [0.2, 0.25) is 5.91 Å². The van der Waals surface area contributed by atoms with E-state index in [1.165, 1.54) is 83.4 Å². The first-order valence-electron chi connectivity index (χ1n) is 17.9. The van der Waals surface area contributed by atoms with Crippen molar-refractivity contribution in [3.8, 4) is 0 Å². The molecule has 4 amide bonds. The number of amides is 4. The summed E-state index contributed by atoms with van der Waals surface area (Å²) in [5, 5.41) is 42.8. The van der Waals surface area contributed by atoms with Gasteiger partial charge in [-0.2, -0.15) is 4.99 Å². The maximum absolute atomic E-state index is 14.0. The van der Waals surface area contributed by atoms with Crippen LogP contribution in [0.5, 0.6) is 0 Å². The van der Waals surface area contributed by atoms with Crippen LogP contribution in [0.1, 0.15) is 31.4 Å². The third-order valence-electron chi connectivity index (χ3n) is 10.5. The molecule has 4 heterocycles. The second-order valence-corrected chi connectivity index (χ2v) is 15.5. The Morgan fingerprint density at radius 2 is 1.49 bits per heavy atom. The van der Waals surface area contributed by atoms with Crippen LogP contribution in [-0.2, 0) is 37.1 Å². The molecule has 4 aliphatic heterocycles. The smallest absolute Gasteiger partial charge is 0.435 e. The number of hydrogen-bond acceptors (Lipinski definition) is 13. The normalized spacial score (nSPS) is 23.6. The number of aliphatic hydroxyl groups excluding tert-OH is 1. The SMILES string of the molecule is CC(O)C1(SC2CCN(C(=O)OCc3ccc([N+](=O)[O-])cc3)C2)C(=O)N2C(C(=O)O)=C(C(=O)N3CCN(C=NC(=O)OCc4ccc([N+](=O)[O-])cc4)CC3)[C@@H](C)[C@H]21. The van der Waals surface area contributed by atoms with Gasteiger partial charge in [-0.05, 0) is 48.7 Å². The Hall–Kier alpha value is -6.09. The predicted molar refractivity (Wildman–Crippen MR) is 200 cm³/mol. The zero-order chi connectivity index (χ0) is 41.2. The molecule has 3 fully saturated rings. The molecule has 6 rings (SSSR count). The van der Waals surface area contributed by atoms with Gasteiger partial charge in [0, 0.05) is 74.7 Å². The minimum Gasteiger partial charge on any atom is -0.477 e. The highest BCUT2D eigenvalue weighted by atomic mass is 32.2. The number of aliphatic imine (C=N–C) groups is 1. The van der Waals surface area contributed by atoms with Crippen LogP contribution in [0.25, 0.3) is 0 Å². The lowest BCUT2D eigenvalue weighted by Gasteiger charge is -2.56. The maximum atomic E-state index is 14.0. The van der Waals surface area contributed by atoms with E-state index in [-0.39, 0.29) is 68.1 Å². The van der Waals surface area contributed by atoms with E-state index in [0.29, 0.717) is 24.1 Å². The molecule has 0 radical (unpaired) electrons. The molecule has 0 spiro atoms. The summed E-state index contributed by atoms with van der Waals surface area (Å²) in [6, 6.07) is 10.2. The zero-order valence-electron chi connectivity index (χ0n) is 30.8. The van der Waals surface area contributed by atoms with Gasteiger partial charge in [0.25, 0.3) is 17.3 Å². The van der Waals surface area contributed by atoms with Crippen molar-refractivity contribution >= 4 is 59.4 Å². The lowest BCUT2D eigenvalue weighted by atomic mass is 9.76. The molecule has 20 nitrogen and oxygen atoms in total. The Labute approximate surface area is 329 Å². The van der Waals surface area contributed by atoms with Gasteiger partial charge in [0.15, 0.2) is 0 Å². The average Bonchev–Trinajstić information content (AvgIpc) is 3.78. The van der Waals surface area contributed by atoms with Crippen LogP contribution in [0.2, 0.25) is 0 Å². The fourth-order valence-corrected chi connectivity index (χ4v) is 9.39. The van der Waals surface area contributed by atoms with Gasteiger partial charge in [-0.25, -0.2) is 14.4 Å². The van der Waals surface area contributed by atoms with Crippen LogP contribution in [-0.4, -0.2) is 137 Å². The molecule has 0 bridgehead atoms. The molecule has 0 aromatic heterocycles. The molecule has 57 heavy (non-hydrogen) atoms. The van der Waals surface area contributed by atoms with E-state index < -0.39 is 68.3 Å². The number of β-lactam (4-membered cyclic amide) rings is 1. The summed E-state index contributed by atoms with van der Waals surface area (Å²) in [6.45, 7) is 4.15. The van der Waals surface area contributed by atoms with E-state index in [2.05, 4.69) is 4.99 Å². The number of nitrogens with zero attached hydrogens (tertiary/aromatic N) is 7. The van der Waals surface area contributed by atoms with Crippen molar-refractivity contribution in [3.05, 3.63) is 91.2 Å². The molecule has 0 aliphatic carbocycles. The van der Waals surface area contributed by atoms with Crippen LogP contribution in [0.4, 0.5) is 21.0 Å². The summed E-state index contributed by atoms with van der Waals surface area (Å²) < 4.78 is 9.02. The third kappa shape index (κ3) is 8.10. The summed E-state index contributed by atoms with van der Waals surface area (Å²) in [4.78, 5) is 95.8. The van der Waals surface area contributed by atoms with Gasteiger partial charge in [0.1, 0.15) is 23.7 Å². The fourth-order valence-electron chi connectivity index (χ4n) is 7.52. The number of nitro groups is 2. The Morgan fingerprint density at radius 3 is 2.02 bits per heavy atom. The fraction of sp³-hybridized carbons (Fsp3) is 0.444. The van der Waals surface area contributed by atoms with Crippen LogP contribution in [0.3, 0.4) is 0 Å². The largest absolute Gasteiger partial charge is 0.477 e. The molecule has 3 unspecified atom stereocenters. The first-order valence-corrected chi connectivity index (χ1v) is 18.8. The minimum atomic E-state index is -1.49. The highest BCUT2D eigenvalue weighted by Gasteiger charge is 2.71. The number of nitro benzene ring substituents is 2. The van der Waals surface area contributed by atoms with E-state index >= 15 is 0 Å². The van der Waals surface area contributed by atoms with Crippen LogP contribution >= 0.6 is 11.8 Å². The second-order valence-electron chi connectivity index (χ2n) is 13.9. The number of piperazine rings is 1. The predicted octanol–water partition coefficient (Wildman–Crippen LogP) is 2.78. The number of carboxylic acid groups (broad SMARTS) is 1. The molecule has 0 saturated carbocycles. The highest BCUT2D eigenvalue weighted by Crippen LogP contribution is 2.57. The molecular weight excluding hydrogens is 770 g/mol. The van der Waals surface area contributed by atoms with E-state index in [1.807, 2.05) is 0 Å². The number of carbonyl (C=O) groups excluding carboxylic acids is 4. The monoisotopic (exact) mass is 809 g/mol. The van der Waals surface area contributed by atoms with Gasteiger partial charge in [0.05, 0.1) is 33.9 Å². The van der Waals surface area contributed by atoms with Crippen LogP contribution in [0, 0.1) is 26.1 Å². The summed E-state index contributed by atoms with van der Waals surface area (Å²) >= 11 is 1.17. The number of aliphatic hydroxyl groups is 1. The second kappa shape index (κ2) is 16.6. The summed E-state index contributed by atoms with van der Waals surface area (Å²) in [5.41, 5.74) is 0.418. The number of non-ortho nitro benzene ring substituents is 2. The number of thioether (sulfide) groups is 1. The summed E-state index contributed by atoms with van der Waals surface area (Å²) in [6.07, 6.45) is -1.01. The number of likely N-dealkylation sites (tertiary alicyclic amines) is 1. The number of rotatable bonds is 12. The van der Waals surface area contributed by atoms with Gasteiger partial charge in [-0.1, -0.05) is 6.92 Å². The lowest BCUT2D eigenvalue weighted by Crippen LogP contribution is -2.76. The number of carbonyl (C=O) groups is 5. The van der Waals surface area contributed by atoms with Crippen molar-refractivity contribution < 1.29 is 53.5 Å². The van der Waals surface area contributed by atoms with Crippen molar-refractivity contribution in [2.75, 3.05) is 39.3 Å². The van der Waals surface area contributed by atoms with Crippen molar-refractivity contribution in [2.45, 2.75) is 55.6 Å². The number of aliphatic carboxylic acids is 1. The molecule has 2 aromatic rings. The molecule has 302 valence electrons. The van der Waals surface area contributed by atoms with E-state index in [9.17, 15) is 54.4 Å². The average molecular weight is 810 g/mol. The molecular formula is C36H39N7O13S. The molecule has 2 aromatic carbocycles. The van der Waals surface area contributed by atoms with Gasteiger partial charge in [-0.3, -0.25) is 34.7 Å². The Morgan fingerprint density at radius 1 is 0.930 bits per heavy atom. The van der Waals surface area contributed by atoms with Gasteiger partial charge in [-0.15, -0.1) is 11.8 Å². The number of hydrogen-bond donors (Lipinski definition) is 2. The molecule has 2 N–H and O–H groups in total. The zero-order valence-corrected chi connectivity index (χ0v) is 31.6. The number of fused-ring (bicyclic) bond motifs is 1. The first kappa shape index (κ1) is 40.6. The molecule has 4 aliphatic rings. The van der Waals surface area contributed by atoms with Crippen molar-refractivity contribution in [2.24, 2.45) is 10.9 Å². The number of ether oxygens (including phenoxy) is 2. The van der Waals surface area contributed by atoms with E-state index in [0.717, 1.165) is 4.90 Å². The maximum Gasteiger partial charge on any atom is 0.435 e. The number of carboxylic acids is 1. The Kier molecular flexibility index (Phi) is 11.8. The van der Waals surface area contributed by atoms with Crippen LogP contribution < -0.4 is 0 Å². The standard InChI is InChI=1S/C36H39N7O13S/c1-21-28(31(45)39-15-13-38(14-16-39)20-37-34(49)55-18-23-3-7-25(8-4-23)42(51)52)29(32(46)47)41-30(21)36(22(2)44,33(41)48)57-27-11-12-40(17-27)35(50)56-19-24-5-9-26(10-6-24)43(53)54/h3-10,20-22,27,30,44H,11-19H2,1-2H3,(H,46,47)/t21-,22?,27?,30+,36?/m1/s1. The van der Waals surface area contributed by atoms with Gasteiger partial charge < -0.3 is 34.4 Å². The molecule has 3 saturated heterocycles.